The fourth-order valence-electron chi connectivity index (χ4n) is 2.80. The van der Waals surface area contributed by atoms with E-state index in [1.807, 2.05) is 0 Å². The summed E-state index contributed by atoms with van der Waals surface area (Å²) in [6.07, 6.45) is 7.04. The number of aliphatic hydroxyl groups is 1. The van der Waals surface area contributed by atoms with Gasteiger partial charge in [-0.3, -0.25) is 4.99 Å². The average molecular weight is 411 g/mol. The second-order valence-electron chi connectivity index (χ2n) is 5.88. The lowest BCUT2D eigenvalue weighted by Crippen LogP contribution is -2.40. The zero-order chi connectivity index (χ0) is 14.8. The lowest BCUT2D eigenvalue weighted by atomic mass is 9.97. The van der Waals surface area contributed by atoms with Gasteiger partial charge in [0, 0.05) is 26.2 Å². The van der Waals surface area contributed by atoms with E-state index in [0.29, 0.717) is 5.92 Å². The van der Waals surface area contributed by atoms with Gasteiger partial charge in [0.15, 0.2) is 5.96 Å². The van der Waals surface area contributed by atoms with Crippen molar-refractivity contribution in [3.8, 4) is 0 Å². The van der Waals surface area contributed by atoms with Crippen LogP contribution in [0.1, 0.15) is 59.3 Å². The highest BCUT2D eigenvalue weighted by Crippen LogP contribution is 2.16. The van der Waals surface area contributed by atoms with Crippen molar-refractivity contribution >= 4 is 29.9 Å². The van der Waals surface area contributed by atoms with E-state index >= 15 is 0 Å². The number of nitrogens with zero attached hydrogens (tertiary/aromatic N) is 2. The third-order valence-corrected chi connectivity index (χ3v) is 3.96. The zero-order valence-corrected chi connectivity index (χ0v) is 16.3. The molecule has 1 saturated heterocycles. The highest BCUT2D eigenvalue weighted by Gasteiger charge is 2.23. The van der Waals surface area contributed by atoms with Crippen LogP contribution in [0, 0.1) is 5.92 Å². The minimum Gasteiger partial charge on any atom is -0.391 e. The van der Waals surface area contributed by atoms with E-state index in [4.69, 9.17) is 4.99 Å². The lowest BCUT2D eigenvalue weighted by Gasteiger charge is -2.22. The molecule has 1 aliphatic heterocycles. The molecule has 2 atom stereocenters. The van der Waals surface area contributed by atoms with Gasteiger partial charge >= 0.3 is 0 Å². The topological polar surface area (TPSA) is 47.9 Å². The minimum absolute atomic E-state index is 0. The van der Waals surface area contributed by atoms with Gasteiger partial charge in [-0.1, -0.05) is 33.1 Å². The van der Waals surface area contributed by atoms with Crippen LogP contribution in [-0.2, 0) is 0 Å². The number of hydrogen-bond acceptors (Lipinski definition) is 2. The Balaban J connectivity index is 0.00000400. The first-order chi connectivity index (χ1) is 9.71. The third-order valence-electron chi connectivity index (χ3n) is 3.96. The number of rotatable bonds is 8. The van der Waals surface area contributed by atoms with Crippen LogP contribution in [0.5, 0.6) is 0 Å². The van der Waals surface area contributed by atoms with E-state index in [-0.39, 0.29) is 30.1 Å². The van der Waals surface area contributed by atoms with Crippen molar-refractivity contribution in [2.45, 2.75) is 65.4 Å². The number of nitrogens with one attached hydrogen (secondary N) is 1. The minimum atomic E-state index is -0.189. The van der Waals surface area contributed by atoms with E-state index in [9.17, 15) is 5.11 Å². The first kappa shape index (κ1) is 21.0. The van der Waals surface area contributed by atoms with Crippen molar-refractivity contribution in [1.29, 1.82) is 0 Å². The molecule has 126 valence electrons. The molecule has 0 spiro atoms. The number of halogens is 1. The Morgan fingerprint density at radius 2 is 2.05 bits per heavy atom. The van der Waals surface area contributed by atoms with E-state index in [2.05, 4.69) is 31.0 Å². The standard InChI is InChI=1S/C16H33N3O.HI/c1-4-7-9-14(8-5-2)12-18-16(17-6-3)19-11-10-15(20)13-19;/h14-15,20H,4-13H2,1-3H3,(H,17,18);1H/t14?,15-;/m1./s1. The van der Waals surface area contributed by atoms with Gasteiger partial charge in [-0.2, -0.15) is 0 Å². The van der Waals surface area contributed by atoms with Crippen molar-refractivity contribution in [3.63, 3.8) is 0 Å². The summed E-state index contributed by atoms with van der Waals surface area (Å²) in [6.45, 7) is 10.1. The molecular formula is C16H34IN3O. The van der Waals surface area contributed by atoms with Crippen molar-refractivity contribution in [1.82, 2.24) is 10.2 Å². The summed E-state index contributed by atoms with van der Waals surface area (Å²) >= 11 is 0. The maximum Gasteiger partial charge on any atom is 0.194 e. The molecule has 0 aromatic rings. The van der Waals surface area contributed by atoms with Crippen LogP contribution in [0.15, 0.2) is 4.99 Å². The average Bonchev–Trinajstić information content (AvgIpc) is 2.87. The molecule has 4 nitrogen and oxygen atoms in total. The maximum absolute atomic E-state index is 9.67. The number of β-amino-alcohol motifs (C(OH)–C–C–N with tert-alkyl or cyclic N) is 1. The van der Waals surface area contributed by atoms with Gasteiger partial charge in [0.2, 0.25) is 0 Å². The van der Waals surface area contributed by atoms with Crippen molar-refractivity contribution < 1.29 is 5.11 Å². The first-order valence-corrected chi connectivity index (χ1v) is 8.42. The highest BCUT2D eigenvalue weighted by molar-refractivity contribution is 14.0. The Bertz CT molecular complexity index is 287. The van der Waals surface area contributed by atoms with Crippen LogP contribution in [0.3, 0.4) is 0 Å². The van der Waals surface area contributed by atoms with Gasteiger partial charge in [-0.05, 0) is 32.1 Å². The summed E-state index contributed by atoms with van der Waals surface area (Å²) in [5.41, 5.74) is 0. The van der Waals surface area contributed by atoms with E-state index in [1.165, 1.54) is 32.1 Å². The number of guanidine groups is 1. The van der Waals surface area contributed by atoms with Crippen LogP contribution in [0.4, 0.5) is 0 Å². The van der Waals surface area contributed by atoms with Gasteiger partial charge in [0.1, 0.15) is 0 Å². The molecule has 21 heavy (non-hydrogen) atoms. The molecule has 0 saturated carbocycles. The number of aliphatic hydroxyl groups excluding tert-OH is 1. The number of aliphatic imine (C=N–C) groups is 1. The molecule has 0 aromatic carbocycles. The quantitative estimate of drug-likeness (QED) is 0.366. The largest absolute Gasteiger partial charge is 0.391 e. The summed E-state index contributed by atoms with van der Waals surface area (Å²) in [5.74, 6) is 1.70. The molecule has 0 aromatic heterocycles. The van der Waals surface area contributed by atoms with Crippen molar-refractivity contribution in [2.24, 2.45) is 10.9 Å². The molecule has 5 heteroatoms. The summed E-state index contributed by atoms with van der Waals surface area (Å²) < 4.78 is 0. The number of likely N-dealkylation sites (tertiary alicyclic amines) is 1. The molecule has 0 amide bonds. The van der Waals surface area contributed by atoms with E-state index in [1.54, 1.807) is 0 Å². The Hall–Kier alpha value is -0.0400. The monoisotopic (exact) mass is 411 g/mol. The van der Waals surface area contributed by atoms with Crippen LogP contribution >= 0.6 is 24.0 Å². The van der Waals surface area contributed by atoms with Gasteiger partial charge < -0.3 is 15.3 Å². The van der Waals surface area contributed by atoms with Crippen LogP contribution < -0.4 is 5.32 Å². The predicted octanol–water partition coefficient (Wildman–Crippen LogP) is 3.24. The fraction of sp³-hybridized carbons (Fsp3) is 0.938. The molecule has 0 aliphatic carbocycles. The normalized spacial score (nSPS) is 20.3. The van der Waals surface area contributed by atoms with Crippen molar-refractivity contribution in [3.05, 3.63) is 0 Å². The summed E-state index contributed by atoms with van der Waals surface area (Å²) in [7, 11) is 0. The van der Waals surface area contributed by atoms with Crippen LogP contribution in [0.25, 0.3) is 0 Å². The zero-order valence-electron chi connectivity index (χ0n) is 14.0. The van der Waals surface area contributed by atoms with Gasteiger partial charge in [0.05, 0.1) is 6.10 Å². The number of unbranched alkanes of at least 4 members (excludes halogenated alkanes) is 1. The number of hydrogen-bond donors (Lipinski definition) is 2. The third kappa shape index (κ3) is 8.24. The predicted molar refractivity (Wildman–Crippen MR) is 102 cm³/mol. The highest BCUT2D eigenvalue weighted by atomic mass is 127. The van der Waals surface area contributed by atoms with E-state index < -0.39 is 0 Å². The summed E-state index contributed by atoms with van der Waals surface area (Å²) in [6, 6.07) is 0. The van der Waals surface area contributed by atoms with Crippen LogP contribution in [0.2, 0.25) is 0 Å². The Morgan fingerprint density at radius 1 is 1.29 bits per heavy atom. The Morgan fingerprint density at radius 3 is 2.57 bits per heavy atom. The smallest absolute Gasteiger partial charge is 0.194 e. The summed E-state index contributed by atoms with van der Waals surface area (Å²) in [4.78, 5) is 7.01. The molecule has 0 radical (unpaired) electrons. The second-order valence-corrected chi connectivity index (χ2v) is 5.88. The molecule has 1 unspecified atom stereocenters. The van der Waals surface area contributed by atoms with E-state index in [0.717, 1.165) is 38.6 Å². The first-order valence-electron chi connectivity index (χ1n) is 8.42. The maximum atomic E-state index is 9.67. The second kappa shape index (κ2) is 12.5. The Labute approximate surface area is 147 Å². The summed E-state index contributed by atoms with van der Waals surface area (Å²) in [5, 5.41) is 13.0. The molecule has 1 fully saturated rings. The molecule has 1 heterocycles. The molecule has 1 aliphatic rings. The molecule has 0 bridgehead atoms. The fourth-order valence-corrected chi connectivity index (χ4v) is 2.80. The Kier molecular flexibility index (Phi) is 12.5. The van der Waals surface area contributed by atoms with Crippen molar-refractivity contribution in [2.75, 3.05) is 26.2 Å². The molecule has 1 rings (SSSR count). The molecular weight excluding hydrogens is 377 g/mol. The lowest BCUT2D eigenvalue weighted by molar-refractivity contribution is 0.187. The van der Waals surface area contributed by atoms with Gasteiger partial charge in [-0.25, -0.2) is 0 Å². The molecule has 2 N–H and O–H groups in total. The van der Waals surface area contributed by atoms with Gasteiger partial charge in [-0.15, -0.1) is 24.0 Å². The van der Waals surface area contributed by atoms with Crippen LogP contribution in [-0.4, -0.2) is 48.2 Å². The van der Waals surface area contributed by atoms with Gasteiger partial charge in [0.25, 0.3) is 0 Å². The SMILES string of the molecule is CCCCC(CCC)CN=C(NCC)N1CC[C@@H](O)C1.I.